The van der Waals surface area contributed by atoms with E-state index >= 15 is 0 Å². The number of amides is 2. The molecule has 4 rings (SSSR count). The Balaban J connectivity index is 1.83. The third-order valence-electron chi connectivity index (χ3n) is 7.11. The average molecular weight is 652 g/mol. The molecule has 0 fully saturated rings. The van der Waals surface area contributed by atoms with E-state index in [2.05, 4.69) is 5.32 Å². The van der Waals surface area contributed by atoms with E-state index in [-0.39, 0.29) is 34.3 Å². The summed E-state index contributed by atoms with van der Waals surface area (Å²) < 4.78 is 48.5. The summed E-state index contributed by atoms with van der Waals surface area (Å²) >= 11 is 6.31. The second-order valence-electron chi connectivity index (χ2n) is 10.3. The molecule has 0 bridgehead atoms. The summed E-state index contributed by atoms with van der Waals surface area (Å²) in [6.07, 6.45) is 0.836. The highest BCUT2D eigenvalue weighted by atomic mass is 35.5. The lowest BCUT2D eigenvalue weighted by molar-refractivity contribution is -0.140. The molecular formula is C34H35ClFN3O5S. The van der Waals surface area contributed by atoms with Gasteiger partial charge in [0.1, 0.15) is 24.2 Å². The van der Waals surface area contributed by atoms with Crippen LogP contribution in [0.4, 0.5) is 10.1 Å². The van der Waals surface area contributed by atoms with Crippen LogP contribution in [0.15, 0.2) is 108 Å². The number of methoxy groups -OCH3 is 1. The molecular weight excluding hydrogens is 617 g/mol. The lowest BCUT2D eigenvalue weighted by Gasteiger charge is -2.34. The van der Waals surface area contributed by atoms with E-state index in [4.69, 9.17) is 16.3 Å². The molecule has 0 radical (unpaired) electrons. The first kappa shape index (κ1) is 33.5. The van der Waals surface area contributed by atoms with E-state index in [0.29, 0.717) is 18.5 Å². The fraction of sp³-hybridized carbons (Fsp3) is 0.235. The number of benzene rings is 4. The van der Waals surface area contributed by atoms with Gasteiger partial charge in [-0.1, -0.05) is 79.2 Å². The van der Waals surface area contributed by atoms with Crippen molar-refractivity contribution in [3.8, 4) is 5.75 Å². The summed E-state index contributed by atoms with van der Waals surface area (Å²) in [5.41, 5.74) is 1.42. The van der Waals surface area contributed by atoms with Crippen LogP contribution in [0.25, 0.3) is 0 Å². The summed E-state index contributed by atoms with van der Waals surface area (Å²) in [5.74, 6) is -1.33. The van der Waals surface area contributed by atoms with Gasteiger partial charge in [-0.25, -0.2) is 12.8 Å². The SMILES string of the molecule is CCCNC(=O)C(Cc1ccccc1)N(Cc1ccc(F)cc1)C(=O)CN(c1cc(Cl)ccc1OC)S(=O)(=O)c1ccccc1. The molecule has 1 unspecified atom stereocenters. The molecule has 0 heterocycles. The largest absolute Gasteiger partial charge is 0.495 e. The van der Waals surface area contributed by atoms with Crippen molar-refractivity contribution in [1.82, 2.24) is 10.2 Å². The van der Waals surface area contributed by atoms with Gasteiger partial charge in [0.2, 0.25) is 11.8 Å². The minimum absolute atomic E-state index is 0.0496. The van der Waals surface area contributed by atoms with Crippen molar-refractivity contribution < 1.29 is 27.1 Å². The highest BCUT2D eigenvalue weighted by molar-refractivity contribution is 7.92. The van der Waals surface area contributed by atoms with Crippen molar-refractivity contribution in [3.05, 3.63) is 125 Å². The normalized spacial score (nSPS) is 11.8. The lowest BCUT2D eigenvalue weighted by Crippen LogP contribution is -2.53. The van der Waals surface area contributed by atoms with Gasteiger partial charge >= 0.3 is 0 Å². The summed E-state index contributed by atoms with van der Waals surface area (Å²) in [7, 11) is -2.95. The second kappa shape index (κ2) is 15.5. The highest BCUT2D eigenvalue weighted by Crippen LogP contribution is 2.35. The molecule has 236 valence electrons. The molecule has 2 amide bonds. The Morgan fingerprint density at radius 3 is 2.18 bits per heavy atom. The van der Waals surface area contributed by atoms with E-state index in [1.54, 1.807) is 24.3 Å². The van der Waals surface area contributed by atoms with Crippen LogP contribution in [0.1, 0.15) is 24.5 Å². The number of carbonyl (C=O) groups excluding carboxylic acids is 2. The van der Waals surface area contributed by atoms with Gasteiger partial charge < -0.3 is 15.0 Å². The van der Waals surface area contributed by atoms with Crippen LogP contribution in [-0.4, -0.2) is 51.4 Å². The number of nitrogens with zero attached hydrogens (tertiary/aromatic N) is 2. The predicted octanol–water partition coefficient (Wildman–Crippen LogP) is 5.85. The zero-order valence-electron chi connectivity index (χ0n) is 25.0. The van der Waals surface area contributed by atoms with Crippen molar-refractivity contribution in [2.45, 2.75) is 37.2 Å². The van der Waals surface area contributed by atoms with Gasteiger partial charge in [0.15, 0.2) is 0 Å². The summed E-state index contributed by atoms with van der Waals surface area (Å²) in [5, 5.41) is 3.12. The van der Waals surface area contributed by atoms with Crippen LogP contribution < -0.4 is 14.4 Å². The van der Waals surface area contributed by atoms with E-state index in [1.807, 2.05) is 37.3 Å². The molecule has 0 aliphatic heterocycles. The molecule has 1 N–H and O–H groups in total. The van der Waals surface area contributed by atoms with Gasteiger partial charge in [0, 0.05) is 24.5 Å². The smallest absolute Gasteiger partial charge is 0.264 e. The Morgan fingerprint density at radius 2 is 1.56 bits per heavy atom. The quantitative estimate of drug-likeness (QED) is 0.185. The van der Waals surface area contributed by atoms with Gasteiger partial charge in [-0.05, 0) is 60.0 Å². The Hall–Kier alpha value is -4.41. The Labute approximate surface area is 268 Å². The first-order chi connectivity index (χ1) is 21.6. The van der Waals surface area contributed by atoms with Crippen molar-refractivity contribution >= 4 is 39.1 Å². The van der Waals surface area contributed by atoms with Crippen molar-refractivity contribution in [1.29, 1.82) is 0 Å². The minimum atomic E-state index is -4.33. The fourth-order valence-electron chi connectivity index (χ4n) is 4.80. The predicted molar refractivity (Wildman–Crippen MR) is 173 cm³/mol. The molecule has 1 atom stereocenters. The molecule has 8 nitrogen and oxygen atoms in total. The molecule has 0 saturated heterocycles. The molecule has 4 aromatic carbocycles. The number of anilines is 1. The Bertz CT molecular complexity index is 1690. The third kappa shape index (κ3) is 8.61. The van der Waals surface area contributed by atoms with Crippen LogP contribution in [0.5, 0.6) is 5.75 Å². The van der Waals surface area contributed by atoms with Crippen molar-refractivity contribution in [3.63, 3.8) is 0 Å². The fourth-order valence-corrected chi connectivity index (χ4v) is 6.40. The minimum Gasteiger partial charge on any atom is -0.495 e. The van der Waals surface area contributed by atoms with Crippen molar-refractivity contribution in [2.75, 3.05) is 24.5 Å². The maximum Gasteiger partial charge on any atom is 0.264 e. The Kier molecular flexibility index (Phi) is 11.6. The molecule has 45 heavy (non-hydrogen) atoms. The van der Waals surface area contributed by atoms with Crippen LogP contribution in [0.3, 0.4) is 0 Å². The molecule has 11 heteroatoms. The monoisotopic (exact) mass is 651 g/mol. The Morgan fingerprint density at radius 1 is 0.911 bits per heavy atom. The zero-order valence-corrected chi connectivity index (χ0v) is 26.6. The highest BCUT2D eigenvalue weighted by Gasteiger charge is 2.35. The molecule has 0 aliphatic carbocycles. The first-order valence-electron chi connectivity index (χ1n) is 14.4. The standard InChI is InChI=1S/C34H35ClFN3O5S/c1-3-20-37-34(41)31(21-25-10-6-4-7-11-25)38(23-26-14-17-28(36)18-15-26)33(40)24-39(30-22-27(35)16-19-32(30)44-2)45(42,43)29-12-8-5-9-13-29/h4-19,22,31H,3,20-21,23-24H2,1-2H3,(H,37,41). The third-order valence-corrected chi connectivity index (χ3v) is 9.12. The molecule has 4 aromatic rings. The first-order valence-corrected chi connectivity index (χ1v) is 16.2. The molecule has 0 spiro atoms. The molecule has 0 saturated carbocycles. The summed E-state index contributed by atoms with van der Waals surface area (Å²) in [4.78, 5) is 29.4. The number of ether oxygens (including phenoxy) is 1. The molecule has 0 aliphatic rings. The second-order valence-corrected chi connectivity index (χ2v) is 12.6. The maximum atomic E-state index is 14.5. The number of hydrogen-bond donors (Lipinski definition) is 1. The number of halogens is 2. The topological polar surface area (TPSA) is 96.0 Å². The number of hydrogen-bond acceptors (Lipinski definition) is 5. The number of carbonyl (C=O) groups is 2. The van der Waals surface area contributed by atoms with Gasteiger partial charge in [-0.3, -0.25) is 13.9 Å². The van der Waals surface area contributed by atoms with Crippen LogP contribution in [0, 0.1) is 5.82 Å². The summed E-state index contributed by atoms with van der Waals surface area (Å²) in [6, 6.07) is 26.0. The van der Waals surface area contributed by atoms with E-state index in [9.17, 15) is 22.4 Å². The van der Waals surface area contributed by atoms with Gasteiger partial charge in [-0.2, -0.15) is 0 Å². The van der Waals surface area contributed by atoms with Crippen molar-refractivity contribution in [2.24, 2.45) is 0 Å². The van der Waals surface area contributed by atoms with E-state index in [1.165, 1.54) is 60.5 Å². The maximum absolute atomic E-state index is 14.5. The molecule has 0 aromatic heterocycles. The van der Waals surface area contributed by atoms with Crippen LogP contribution in [-0.2, 0) is 32.6 Å². The summed E-state index contributed by atoms with van der Waals surface area (Å²) in [6.45, 7) is 1.54. The van der Waals surface area contributed by atoms with Crippen LogP contribution >= 0.6 is 11.6 Å². The van der Waals surface area contributed by atoms with E-state index < -0.39 is 40.2 Å². The number of nitrogens with one attached hydrogen (secondary N) is 1. The van der Waals surface area contributed by atoms with Gasteiger partial charge in [-0.15, -0.1) is 0 Å². The van der Waals surface area contributed by atoms with E-state index in [0.717, 1.165) is 9.87 Å². The number of sulfonamides is 1. The van der Waals surface area contributed by atoms with Gasteiger partial charge in [0.25, 0.3) is 10.0 Å². The lowest BCUT2D eigenvalue weighted by atomic mass is 10.0. The van der Waals surface area contributed by atoms with Crippen LogP contribution in [0.2, 0.25) is 5.02 Å². The number of rotatable bonds is 14. The van der Waals surface area contributed by atoms with Gasteiger partial charge in [0.05, 0.1) is 17.7 Å². The average Bonchev–Trinajstić information content (AvgIpc) is 3.05. The zero-order chi connectivity index (χ0) is 32.4.